The van der Waals surface area contributed by atoms with Gasteiger partial charge in [-0.3, -0.25) is 9.59 Å². The first-order chi connectivity index (χ1) is 8.65. The third-order valence-corrected chi connectivity index (χ3v) is 1.85. The van der Waals surface area contributed by atoms with Gasteiger partial charge < -0.3 is 20.5 Å². The number of carboxylic acid groups (broad SMARTS) is 1. The van der Waals surface area contributed by atoms with E-state index in [2.05, 4.69) is 10.1 Å². The summed E-state index contributed by atoms with van der Waals surface area (Å²) < 4.78 is 39.7. The van der Waals surface area contributed by atoms with Gasteiger partial charge in [0.2, 0.25) is 11.8 Å². The summed E-state index contributed by atoms with van der Waals surface area (Å²) in [4.78, 5) is 32.5. The van der Waals surface area contributed by atoms with Gasteiger partial charge in [0.15, 0.2) is 6.10 Å². The average Bonchev–Trinajstić information content (AvgIpc) is 2.25. The second-order valence-corrected chi connectivity index (χ2v) is 3.44. The van der Waals surface area contributed by atoms with Crippen LogP contribution in [0.25, 0.3) is 0 Å². The highest BCUT2D eigenvalue weighted by Gasteiger charge is 2.28. The second-order valence-electron chi connectivity index (χ2n) is 3.44. The Labute approximate surface area is 106 Å². The van der Waals surface area contributed by atoms with E-state index in [1.54, 1.807) is 0 Å². The molecule has 1 atom stereocenters. The van der Waals surface area contributed by atoms with Gasteiger partial charge in [-0.15, -0.1) is 0 Å². The zero-order chi connectivity index (χ0) is 15.1. The number of halogens is 3. The van der Waals surface area contributed by atoms with Crippen LogP contribution in [0.2, 0.25) is 0 Å². The Bertz CT molecular complexity index is 345. The molecule has 0 aromatic rings. The van der Waals surface area contributed by atoms with Crippen LogP contribution in [0.4, 0.5) is 13.2 Å². The van der Waals surface area contributed by atoms with Crippen LogP contribution in [-0.4, -0.2) is 55.4 Å². The highest BCUT2D eigenvalue weighted by molar-refractivity contribution is 5.97. The predicted molar refractivity (Wildman–Crippen MR) is 55.1 cm³/mol. The van der Waals surface area contributed by atoms with Gasteiger partial charge in [-0.1, -0.05) is 0 Å². The van der Waals surface area contributed by atoms with Gasteiger partial charge in [-0.05, 0) is 0 Å². The summed E-state index contributed by atoms with van der Waals surface area (Å²) >= 11 is 0. The van der Waals surface area contributed by atoms with E-state index in [1.807, 2.05) is 0 Å². The quantitative estimate of drug-likeness (QED) is 0.535. The number of hydrogen-bond acceptors (Lipinski definition) is 4. The largest absolute Gasteiger partial charge is 0.479 e. The Morgan fingerprint density at radius 3 is 2.16 bits per heavy atom. The maximum absolute atomic E-state index is 11.7. The summed E-state index contributed by atoms with van der Waals surface area (Å²) in [6.45, 7) is -1.92. The van der Waals surface area contributed by atoms with Gasteiger partial charge in [0.1, 0.15) is 13.0 Å². The molecule has 0 fully saturated rings. The monoisotopic (exact) mass is 286 g/mol. The number of ether oxygens (including phenoxy) is 1. The number of nitrogens with one attached hydrogen (secondary N) is 2. The highest BCUT2D eigenvalue weighted by atomic mass is 19.4. The van der Waals surface area contributed by atoms with E-state index >= 15 is 0 Å². The smallest absolute Gasteiger partial charge is 0.405 e. The molecule has 0 aliphatic carbocycles. The van der Waals surface area contributed by atoms with E-state index in [4.69, 9.17) is 5.11 Å². The molecular formula is C9H13F3N2O5. The van der Waals surface area contributed by atoms with E-state index in [9.17, 15) is 27.6 Å². The highest BCUT2D eigenvalue weighted by Crippen LogP contribution is 2.12. The van der Waals surface area contributed by atoms with Crippen LogP contribution in [0.5, 0.6) is 0 Å². The molecule has 3 N–H and O–H groups in total. The van der Waals surface area contributed by atoms with Gasteiger partial charge in [0, 0.05) is 7.11 Å². The molecule has 0 aromatic heterocycles. The van der Waals surface area contributed by atoms with Crippen LogP contribution in [-0.2, 0) is 19.1 Å². The van der Waals surface area contributed by atoms with Crippen LogP contribution in [0.1, 0.15) is 6.42 Å². The van der Waals surface area contributed by atoms with Crippen LogP contribution in [0, 0.1) is 0 Å². The van der Waals surface area contributed by atoms with E-state index < -0.39 is 49.6 Å². The van der Waals surface area contributed by atoms with Gasteiger partial charge in [0.05, 0.1) is 6.54 Å². The van der Waals surface area contributed by atoms with Gasteiger partial charge in [-0.25, -0.2) is 4.79 Å². The van der Waals surface area contributed by atoms with Crippen LogP contribution in [0.15, 0.2) is 0 Å². The van der Waals surface area contributed by atoms with Crippen molar-refractivity contribution in [2.45, 2.75) is 18.7 Å². The lowest BCUT2D eigenvalue weighted by Crippen LogP contribution is -2.41. The molecule has 0 aliphatic heterocycles. The van der Waals surface area contributed by atoms with E-state index in [0.717, 1.165) is 7.11 Å². The van der Waals surface area contributed by atoms with Gasteiger partial charge in [-0.2, -0.15) is 13.2 Å². The number of carbonyl (C=O) groups is 3. The number of hydrogen-bond donors (Lipinski definition) is 3. The molecule has 0 aliphatic rings. The molecule has 0 spiro atoms. The van der Waals surface area contributed by atoms with Crippen molar-refractivity contribution in [3.8, 4) is 0 Å². The Balaban J connectivity index is 3.98. The first-order valence-electron chi connectivity index (χ1n) is 5.01. The first kappa shape index (κ1) is 17.2. The zero-order valence-electron chi connectivity index (χ0n) is 9.91. The molecule has 2 amide bonds. The summed E-state index contributed by atoms with van der Waals surface area (Å²) in [6.07, 6.45) is -6.68. The minimum atomic E-state index is -4.56. The van der Waals surface area contributed by atoms with Crippen molar-refractivity contribution in [2.24, 2.45) is 0 Å². The van der Waals surface area contributed by atoms with Crippen LogP contribution in [0.3, 0.4) is 0 Å². The van der Waals surface area contributed by atoms with Crippen LogP contribution < -0.4 is 10.6 Å². The molecule has 19 heavy (non-hydrogen) atoms. The normalized spacial score (nSPS) is 12.6. The van der Waals surface area contributed by atoms with Gasteiger partial charge >= 0.3 is 12.1 Å². The standard InChI is InChI=1S/C9H13F3N2O5/c1-19-5(8(17)18)3-13-6(15)2-7(16)14-4-9(10,11)12/h5H,2-4H2,1H3,(H,13,15)(H,14,16)(H,17,18). The fraction of sp³-hybridized carbons (Fsp3) is 0.667. The number of amides is 2. The Morgan fingerprint density at radius 2 is 1.74 bits per heavy atom. The molecule has 110 valence electrons. The van der Waals surface area contributed by atoms with Gasteiger partial charge in [0.25, 0.3) is 0 Å². The number of rotatable bonds is 7. The maximum atomic E-state index is 11.7. The number of methoxy groups -OCH3 is 1. The van der Waals surface area contributed by atoms with Crippen molar-refractivity contribution in [3.05, 3.63) is 0 Å². The number of carbonyl (C=O) groups excluding carboxylic acids is 2. The van der Waals surface area contributed by atoms with Crippen LogP contribution >= 0.6 is 0 Å². The van der Waals surface area contributed by atoms with Crippen molar-refractivity contribution in [3.63, 3.8) is 0 Å². The molecular weight excluding hydrogens is 273 g/mol. The topological polar surface area (TPSA) is 105 Å². The SMILES string of the molecule is COC(CNC(=O)CC(=O)NCC(F)(F)F)C(=O)O. The molecule has 0 bridgehead atoms. The second kappa shape index (κ2) is 7.56. The van der Waals surface area contributed by atoms with Crippen molar-refractivity contribution < 1.29 is 37.4 Å². The number of aliphatic carboxylic acids is 1. The molecule has 1 unspecified atom stereocenters. The molecule has 0 rings (SSSR count). The summed E-state index contributed by atoms with van der Waals surface area (Å²) in [7, 11) is 1.11. The Hall–Kier alpha value is -1.84. The molecule has 10 heteroatoms. The predicted octanol–water partition coefficient (Wildman–Crippen LogP) is -0.729. The maximum Gasteiger partial charge on any atom is 0.405 e. The molecule has 0 heterocycles. The minimum absolute atomic E-state index is 0.392. The summed E-state index contributed by atoms with van der Waals surface area (Å²) in [6, 6.07) is 0. The third-order valence-electron chi connectivity index (χ3n) is 1.85. The molecule has 0 saturated carbocycles. The summed E-state index contributed by atoms with van der Waals surface area (Å²) in [5.41, 5.74) is 0. The Morgan fingerprint density at radius 1 is 1.21 bits per heavy atom. The van der Waals surface area contributed by atoms with Crippen molar-refractivity contribution in [2.75, 3.05) is 20.2 Å². The summed E-state index contributed by atoms with van der Waals surface area (Å²) in [5.74, 6) is -3.33. The lowest BCUT2D eigenvalue weighted by Gasteiger charge is -2.12. The minimum Gasteiger partial charge on any atom is -0.479 e. The molecule has 7 nitrogen and oxygen atoms in total. The van der Waals surface area contributed by atoms with Crippen molar-refractivity contribution in [1.29, 1.82) is 0 Å². The van der Waals surface area contributed by atoms with Crippen molar-refractivity contribution >= 4 is 17.8 Å². The molecule has 0 aromatic carbocycles. The lowest BCUT2D eigenvalue weighted by atomic mass is 10.3. The fourth-order valence-corrected chi connectivity index (χ4v) is 0.948. The third kappa shape index (κ3) is 8.83. The fourth-order valence-electron chi connectivity index (χ4n) is 0.948. The average molecular weight is 286 g/mol. The zero-order valence-corrected chi connectivity index (χ0v) is 9.91. The van der Waals surface area contributed by atoms with Crippen molar-refractivity contribution in [1.82, 2.24) is 10.6 Å². The number of alkyl halides is 3. The first-order valence-corrected chi connectivity index (χ1v) is 5.01. The number of carboxylic acids is 1. The van der Waals surface area contributed by atoms with E-state index in [-0.39, 0.29) is 0 Å². The van der Waals surface area contributed by atoms with E-state index in [1.165, 1.54) is 5.32 Å². The summed E-state index contributed by atoms with van der Waals surface area (Å²) in [5, 5.41) is 12.1. The Kier molecular flexibility index (Phi) is 6.83. The molecule has 0 radical (unpaired) electrons. The van der Waals surface area contributed by atoms with E-state index in [0.29, 0.717) is 0 Å². The lowest BCUT2D eigenvalue weighted by molar-refractivity contribution is -0.148. The molecule has 0 saturated heterocycles.